The molecule has 9 heteroatoms. The van der Waals surface area contributed by atoms with E-state index in [1.54, 1.807) is 0 Å². The van der Waals surface area contributed by atoms with Crippen LogP contribution in [0.25, 0.3) is 20.9 Å². The molecule has 1 saturated heterocycles. The van der Waals surface area contributed by atoms with Gasteiger partial charge in [0, 0.05) is 23.1 Å². The molecule has 0 N–H and O–H groups in total. The highest BCUT2D eigenvalue weighted by Gasteiger charge is 2.26. The first kappa shape index (κ1) is 16.6. The standard InChI is InChI=1S/C16H12ClN3O3S2/c17-13-9-4-1-2-5-10(9)25-14(13)15-18-19-16(23-15)24-8-12(22)20-7-3-6-11(20)21/h1-2,4-5H,3,6-8H2. The van der Waals surface area contributed by atoms with E-state index in [2.05, 4.69) is 10.2 Å². The van der Waals surface area contributed by atoms with Crippen LogP contribution in [0.4, 0.5) is 0 Å². The van der Waals surface area contributed by atoms with E-state index >= 15 is 0 Å². The number of carbonyl (C=O) groups excluding carboxylic acids is 2. The van der Waals surface area contributed by atoms with Gasteiger partial charge in [-0.1, -0.05) is 41.6 Å². The number of amides is 2. The minimum Gasteiger partial charge on any atom is -0.410 e. The Labute approximate surface area is 156 Å². The first-order valence-corrected chi connectivity index (χ1v) is 9.78. The molecule has 3 aromatic rings. The van der Waals surface area contributed by atoms with Crippen LogP contribution >= 0.6 is 34.7 Å². The SMILES string of the molecule is O=C1CCCN1C(=O)CSc1nnc(-c2sc3ccccc3c2Cl)o1. The lowest BCUT2D eigenvalue weighted by Crippen LogP contribution is -2.33. The van der Waals surface area contributed by atoms with Gasteiger partial charge in [0.25, 0.3) is 11.1 Å². The molecule has 0 atom stereocenters. The van der Waals surface area contributed by atoms with E-state index in [0.717, 1.165) is 28.3 Å². The van der Waals surface area contributed by atoms with Crippen molar-refractivity contribution < 1.29 is 14.0 Å². The molecular weight excluding hydrogens is 382 g/mol. The zero-order valence-corrected chi connectivity index (χ0v) is 15.3. The Balaban J connectivity index is 1.49. The van der Waals surface area contributed by atoms with Gasteiger partial charge in [-0.25, -0.2) is 0 Å². The van der Waals surface area contributed by atoms with Crippen molar-refractivity contribution >= 4 is 56.6 Å². The van der Waals surface area contributed by atoms with E-state index < -0.39 is 0 Å². The van der Waals surface area contributed by atoms with Gasteiger partial charge in [0.1, 0.15) is 4.88 Å². The van der Waals surface area contributed by atoms with Crippen molar-refractivity contribution in [3.8, 4) is 10.8 Å². The summed E-state index contributed by atoms with van der Waals surface area (Å²) >= 11 is 9.01. The average molecular weight is 394 g/mol. The van der Waals surface area contributed by atoms with E-state index in [0.29, 0.717) is 28.8 Å². The fourth-order valence-corrected chi connectivity index (χ4v) is 4.70. The number of benzene rings is 1. The number of hydrogen-bond donors (Lipinski definition) is 0. The van der Waals surface area contributed by atoms with E-state index in [4.69, 9.17) is 16.0 Å². The highest BCUT2D eigenvalue weighted by Crippen LogP contribution is 2.41. The van der Waals surface area contributed by atoms with Crippen molar-refractivity contribution in [2.45, 2.75) is 18.1 Å². The van der Waals surface area contributed by atoms with Crippen molar-refractivity contribution in [2.75, 3.05) is 12.3 Å². The molecule has 0 bridgehead atoms. The number of hydrogen-bond acceptors (Lipinski definition) is 7. The molecule has 0 saturated carbocycles. The van der Waals surface area contributed by atoms with E-state index in [9.17, 15) is 9.59 Å². The van der Waals surface area contributed by atoms with Gasteiger partial charge in [-0.2, -0.15) is 0 Å². The molecule has 2 amide bonds. The van der Waals surface area contributed by atoms with Crippen LogP contribution in [-0.2, 0) is 9.59 Å². The van der Waals surface area contributed by atoms with Gasteiger partial charge in [0.2, 0.25) is 11.8 Å². The zero-order valence-electron chi connectivity index (χ0n) is 12.9. The third kappa shape index (κ3) is 3.17. The maximum absolute atomic E-state index is 12.1. The Kier molecular flexibility index (Phi) is 4.49. The molecule has 1 fully saturated rings. The molecule has 4 rings (SSSR count). The molecular formula is C16H12ClN3O3S2. The van der Waals surface area contributed by atoms with Crippen molar-refractivity contribution in [2.24, 2.45) is 0 Å². The minimum atomic E-state index is -0.229. The van der Waals surface area contributed by atoms with Crippen LogP contribution in [-0.4, -0.2) is 39.2 Å². The summed E-state index contributed by atoms with van der Waals surface area (Å²) in [6.45, 7) is 0.491. The van der Waals surface area contributed by atoms with Crippen LogP contribution in [0.1, 0.15) is 12.8 Å². The van der Waals surface area contributed by atoms with Gasteiger partial charge in [-0.05, 0) is 12.5 Å². The van der Waals surface area contributed by atoms with E-state index in [-0.39, 0.29) is 22.8 Å². The smallest absolute Gasteiger partial charge is 0.277 e. The number of imide groups is 1. The summed E-state index contributed by atoms with van der Waals surface area (Å²) < 4.78 is 6.67. The van der Waals surface area contributed by atoms with Crippen molar-refractivity contribution in [1.29, 1.82) is 0 Å². The summed E-state index contributed by atoms with van der Waals surface area (Å²) in [5, 5.41) is 9.80. The highest BCUT2D eigenvalue weighted by molar-refractivity contribution is 7.99. The van der Waals surface area contributed by atoms with Crippen LogP contribution in [0, 0.1) is 0 Å². The van der Waals surface area contributed by atoms with Crippen LogP contribution in [0.5, 0.6) is 0 Å². The Morgan fingerprint density at radius 2 is 2.20 bits per heavy atom. The number of nitrogens with zero attached hydrogens (tertiary/aromatic N) is 3. The Morgan fingerprint density at radius 3 is 2.96 bits per heavy atom. The third-order valence-electron chi connectivity index (χ3n) is 3.83. The minimum absolute atomic E-state index is 0.0908. The number of thiophene rings is 1. The fourth-order valence-electron chi connectivity index (χ4n) is 2.62. The molecule has 25 heavy (non-hydrogen) atoms. The molecule has 128 valence electrons. The van der Waals surface area contributed by atoms with Crippen molar-refractivity contribution in [3.05, 3.63) is 29.3 Å². The number of thioether (sulfide) groups is 1. The van der Waals surface area contributed by atoms with E-state index in [1.807, 2.05) is 24.3 Å². The summed E-state index contributed by atoms with van der Waals surface area (Å²) in [6, 6.07) is 7.78. The first-order chi connectivity index (χ1) is 12.1. The summed E-state index contributed by atoms with van der Waals surface area (Å²) in [5.41, 5.74) is 0. The number of rotatable bonds is 4. The number of halogens is 1. The maximum atomic E-state index is 12.1. The lowest BCUT2D eigenvalue weighted by atomic mass is 10.2. The van der Waals surface area contributed by atoms with Gasteiger partial charge >= 0.3 is 0 Å². The van der Waals surface area contributed by atoms with Gasteiger partial charge in [-0.3, -0.25) is 14.5 Å². The van der Waals surface area contributed by atoms with E-state index in [1.165, 1.54) is 16.2 Å². The molecule has 3 heterocycles. The van der Waals surface area contributed by atoms with Crippen molar-refractivity contribution in [1.82, 2.24) is 15.1 Å². The zero-order chi connectivity index (χ0) is 17.4. The first-order valence-electron chi connectivity index (χ1n) is 7.60. The van der Waals surface area contributed by atoms with Crippen LogP contribution in [0.2, 0.25) is 5.02 Å². The predicted molar refractivity (Wildman–Crippen MR) is 96.8 cm³/mol. The second-order valence-electron chi connectivity index (χ2n) is 5.45. The second-order valence-corrected chi connectivity index (χ2v) is 7.80. The van der Waals surface area contributed by atoms with Crippen LogP contribution in [0.15, 0.2) is 33.9 Å². The third-order valence-corrected chi connectivity index (χ3v) is 6.30. The van der Waals surface area contributed by atoms with Crippen LogP contribution < -0.4 is 0 Å². The molecule has 6 nitrogen and oxygen atoms in total. The summed E-state index contributed by atoms with van der Waals surface area (Å²) in [6.07, 6.45) is 1.16. The number of fused-ring (bicyclic) bond motifs is 1. The van der Waals surface area contributed by atoms with Gasteiger partial charge in [0.15, 0.2) is 0 Å². The van der Waals surface area contributed by atoms with Gasteiger partial charge in [-0.15, -0.1) is 21.5 Å². The Morgan fingerprint density at radius 1 is 1.36 bits per heavy atom. The fraction of sp³-hybridized carbons (Fsp3) is 0.250. The number of carbonyl (C=O) groups is 2. The number of likely N-dealkylation sites (tertiary alicyclic amines) is 1. The lowest BCUT2D eigenvalue weighted by molar-refractivity contribution is -0.140. The average Bonchev–Trinajstić information content (AvgIpc) is 3.32. The molecule has 2 aromatic heterocycles. The largest absolute Gasteiger partial charge is 0.410 e. The Bertz CT molecular complexity index is 969. The molecule has 0 spiro atoms. The van der Waals surface area contributed by atoms with Gasteiger partial charge in [0.05, 0.1) is 10.8 Å². The molecule has 0 radical (unpaired) electrons. The maximum Gasteiger partial charge on any atom is 0.277 e. The molecule has 0 aliphatic carbocycles. The molecule has 1 aliphatic heterocycles. The quantitative estimate of drug-likeness (QED) is 0.627. The molecule has 1 aromatic carbocycles. The molecule has 0 unspecified atom stereocenters. The normalized spacial score (nSPS) is 14.6. The molecule has 1 aliphatic rings. The summed E-state index contributed by atoms with van der Waals surface area (Å²) in [5.74, 6) is 0.0764. The summed E-state index contributed by atoms with van der Waals surface area (Å²) in [7, 11) is 0. The monoisotopic (exact) mass is 393 g/mol. The Hall–Kier alpha value is -1.90. The van der Waals surface area contributed by atoms with Crippen LogP contribution in [0.3, 0.4) is 0 Å². The number of aromatic nitrogens is 2. The highest BCUT2D eigenvalue weighted by atomic mass is 35.5. The van der Waals surface area contributed by atoms with Crippen molar-refractivity contribution in [3.63, 3.8) is 0 Å². The predicted octanol–water partition coefficient (Wildman–Crippen LogP) is 3.85. The second kappa shape index (κ2) is 6.78. The van der Waals surface area contributed by atoms with Gasteiger partial charge < -0.3 is 4.42 Å². The lowest BCUT2D eigenvalue weighted by Gasteiger charge is -2.11. The summed E-state index contributed by atoms with van der Waals surface area (Å²) in [4.78, 5) is 25.6. The topological polar surface area (TPSA) is 76.3 Å².